The molecule has 84 valence electrons. The molecule has 0 atom stereocenters. The van der Waals surface area contributed by atoms with E-state index in [9.17, 15) is 5.11 Å². The van der Waals surface area contributed by atoms with Gasteiger partial charge in [0, 0.05) is 32.1 Å². The standard InChI is InChI=1S/C12H20N2O/c1-12(2)8-11(15)13-14(12)9-10-6-4-3-5-7-10/h9-10H,3-8H2,1-2H3/b14-9+. The third-order valence-electron chi connectivity index (χ3n) is 3.43. The van der Waals surface area contributed by atoms with Gasteiger partial charge in [0.25, 0.3) is 0 Å². The lowest BCUT2D eigenvalue weighted by atomic mass is 9.90. The van der Waals surface area contributed by atoms with Crippen LogP contribution >= 0.6 is 0 Å². The van der Waals surface area contributed by atoms with Crippen molar-refractivity contribution in [2.75, 3.05) is 0 Å². The first kappa shape index (κ1) is 10.7. The third-order valence-corrected chi connectivity index (χ3v) is 3.43. The van der Waals surface area contributed by atoms with Gasteiger partial charge < -0.3 is 5.11 Å². The maximum atomic E-state index is 11.3. The number of hydrogen-bond donors (Lipinski definition) is 0. The molecular weight excluding hydrogens is 188 g/mol. The summed E-state index contributed by atoms with van der Waals surface area (Å²) in [4.78, 5) is 0. The highest BCUT2D eigenvalue weighted by Crippen LogP contribution is 2.25. The summed E-state index contributed by atoms with van der Waals surface area (Å²) in [6.07, 6.45) is 9.27. The molecule has 0 aromatic heterocycles. The molecule has 0 amide bonds. The average molecular weight is 208 g/mol. The first-order valence-electron chi connectivity index (χ1n) is 5.97. The van der Waals surface area contributed by atoms with E-state index in [1.165, 1.54) is 32.1 Å². The van der Waals surface area contributed by atoms with Crippen LogP contribution < -0.4 is 5.11 Å². The lowest BCUT2D eigenvalue weighted by molar-refractivity contribution is -0.594. The van der Waals surface area contributed by atoms with Gasteiger partial charge in [-0.25, -0.2) is 0 Å². The van der Waals surface area contributed by atoms with Crippen LogP contribution in [0.1, 0.15) is 52.4 Å². The van der Waals surface area contributed by atoms with E-state index in [-0.39, 0.29) is 11.4 Å². The number of rotatable bonds is 1. The van der Waals surface area contributed by atoms with Gasteiger partial charge in [-0.1, -0.05) is 23.9 Å². The van der Waals surface area contributed by atoms with Crippen molar-refractivity contribution in [2.24, 2.45) is 11.0 Å². The van der Waals surface area contributed by atoms with E-state index < -0.39 is 0 Å². The minimum Gasteiger partial charge on any atom is -0.857 e. The quantitative estimate of drug-likeness (QED) is 0.602. The topological polar surface area (TPSA) is 38.4 Å². The molecule has 0 bridgehead atoms. The molecule has 0 unspecified atom stereocenters. The molecular formula is C12H20N2O. The summed E-state index contributed by atoms with van der Waals surface area (Å²) >= 11 is 0. The van der Waals surface area contributed by atoms with Crippen molar-refractivity contribution in [1.29, 1.82) is 0 Å². The molecule has 1 heterocycles. The van der Waals surface area contributed by atoms with Crippen molar-refractivity contribution >= 4 is 12.1 Å². The second kappa shape index (κ2) is 3.95. The van der Waals surface area contributed by atoms with E-state index in [0.29, 0.717) is 12.3 Å². The lowest BCUT2D eigenvalue weighted by Gasteiger charge is -2.17. The Balaban J connectivity index is 2.11. The Morgan fingerprint density at radius 3 is 2.53 bits per heavy atom. The second-order valence-electron chi connectivity index (χ2n) is 5.37. The first-order valence-corrected chi connectivity index (χ1v) is 5.97. The van der Waals surface area contributed by atoms with E-state index in [1.54, 1.807) is 0 Å². The Kier molecular flexibility index (Phi) is 2.81. The Morgan fingerprint density at radius 1 is 1.33 bits per heavy atom. The molecule has 0 aromatic carbocycles. The van der Waals surface area contributed by atoms with Crippen molar-refractivity contribution < 1.29 is 9.79 Å². The fourth-order valence-corrected chi connectivity index (χ4v) is 2.46. The molecule has 3 nitrogen and oxygen atoms in total. The zero-order valence-corrected chi connectivity index (χ0v) is 9.70. The average Bonchev–Trinajstić information content (AvgIpc) is 2.41. The highest BCUT2D eigenvalue weighted by Gasteiger charge is 2.37. The molecule has 15 heavy (non-hydrogen) atoms. The van der Waals surface area contributed by atoms with Crippen LogP contribution in [0.3, 0.4) is 0 Å². The summed E-state index contributed by atoms with van der Waals surface area (Å²) in [6.45, 7) is 4.17. The fourth-order valence-electron chi connectivity index (χ4n) is 2.46. The van der Waals surface area contributed by atoms with Crippen LogP contribution in [0.25, 0.3) is 0 Å². The first-order chi connectivity index (χ1) is 7.08. The SMILES string of the molecule is CC1(C)CC([O-])=N/[N+]1=C/C1CCCCC1. The maximum Gasteiger partial charge on any atom is 0.192 e. The smallest absolute Gasteiger partial charge is 0.192 e. The van der Waals surface area contributed by atoms with E-state index in [0.717, 1.165) is 0 Å². The van der Waals surface area contributed by atoms with Crippen LogP contribution in [-0.4, -0.2) is 22.3 Å². The van der Waals surface area contributed by atoms with Gasteiger partial charge in [0.15, 0.2) is 11.8 Å². The molecule has 2 rings (SSSR count). The maximum absolute atomic E-state index is 11.3. The van der Waals surface area contributed by atoms with Crippen molar-refractivity contribution in [2.45, 2.75) is 57.9 Å². The molecule has 1 aliphatic carbocycles. The zero-order valence-electron chi connectivity index (χ0n) is 9.70. The van der Waals surface area contributed by atoms with Crippen LogP contribution in [0.2, 0.25) is 0 Å². The van der Waals surface area contributed by atoms with Gasteiger partial charge in [0.2, 0.25) is 0 Å². The molecule has 1 aliphatic heterocycles. The highest BCUT2D eigenvalue weighted by atomic mass is 16.3. The van der Waals surface area contributed by atoms with Gasteiger partial charge in [0.05, 0.1) is 0 Å². The van der Waals surface area contributed by atoms with Crippen LogP contribution in [0.5, 0.6) is 0 Å². The Hall–Kier alpha value is -0.860. The molecule has 0 N–H and O–H groups in total. The molecule has 3 heteroatoms. The molecule has 0 aromatic rings. The van der Waals surface area contributed by atoms with Crippen LogP contribution in [-0.2, 0) is 0 Å². The van der Waals surface area contributed by atoms with Crippen LogP contribution in [0.4, 0.5) is 0 Å². The summed E-state index contributed by atoms with van der Waals surface area (Å²) in [5, 5.41) is 15.4. The molecule has 0 radical (unpaired) electrons. The van der Waals surface area contributed by atoms with Crippen molar-refractivity contribution in [3.8, 4) is 0 Å². The summed E-state index contributed by atoms with van der Waals surface area (Å²) in [5.41, 5.74) is -0.103. The number of nitrogens with zero attached hydrogens (tertiary/aromatic N) is 2. The summed E-state index contributed by atoms with van der Waals surface area (Å²) in [7, 11) is 0. The van der Waals surface area contributed by atoms with Gasteiger partial charge >= 0.3 is 0 Å². The Morgan fingerprint density at radius 2 is 2.00 bits per heavy atom. The highest BCUT2D eigenvalue weighted by molar-refractivity contribution is 5.73. The van der Waals surface area contributed by atoms with Gasteiger partial charge in [0.1, 0.15) is 0 Å². The number of hydrazone groups is 1. The van der Waals surface area contributed by atoms with Crippen molar-refractivity contribution in [3.63, 3.8) is 0 Å². The van der Waals surface area contributed by atoms with Gasteiger partial charge in [-0.15, -0.1) is 0 Å². The minimum absolute atomic E-state index is 0.0204. The Bertz CT molecular complexity index is 299. The van der Waals surface area contributed by atoms with Crippen molar-refractivity contribution in [3.05, 3.63) is 0 Å². The van der Waals surface area contributed by atoms with Crippen LogP contribution in [0, 0.1) is 5.92 Å². The Labute approximate surface area is 91.5 Å². The van der Waals surface area contributed by atoms with Gasteiger partial charge in [-0.05, 0) is 17.9 Å². The fraction of sp³-hybridized carbons (Fsp3) is 0.833. The third kappa shape index (κ3) is 2.39. The van der Waals surface area contributed by atoms with E-state index >= 15 is 0 Å². The predicted molar refractivity (Wildman–Crippen MR) is 59.0 cm³/mol. The summed E-state index contributed by atoms with van der Waals surface area (Å²) < 4.78 is 1.91. The predicted octanol–water partition coefficient (Wildman–Crippen LogP) is 1.51. The minimum atomic E-state index is -0.103. The van der Waals surface area contributed by atoms with Gasteiger partial charge in [-0.3, -0.25) is 0 Å². The molecule has 1 fully saturated rings. The second-order valence-corrected chi connectivity index (χ2v) is 5.37. The van der Waals surface area contributed by atoms with E-state index in [2.05, 4.69) is 25.2 Å². The lowest BCUT2D eigenvalue weighted by Crippen LogP contribution is -2.32. The molecule has 0 saturated heterocycles. The van der Waals surface area contributed by atoms with Crippen molar-refractivity contribution in [1.82, 2.24) is 0 Å². The van der Waals surface area contributed by atoms with E-state index in [4.69, 9.17) is 0 Å². The summed E-state index contributed by atoms with van der Waals surface area (Å²) in [6, 6.07) is 0. The molecule has 0 spiro atoms. The summed E-state index contributed by atoms with van der Waals surface area (Å²) in [5.74, 6) is 0.653. The zero-order chi connectivity index (χ0) is 10.9. The number of hydrogen-bond acceptors (Lipinski definition) is 2. The molecule has 2 aliphatic rings. The van der Waals surface area contributed by atoms with Gasteiger partial charge in [-0.2, -0.15) is 0 Å². The van der Waals surface area contributed by atoms with E-state index in [1.807, 2.05) is 4.68 Å². The molecule has 1 saturated carbocycles. The normalized spacial score (nSPS) is 29.5. The van der Waals surface area contributed by atoms with Crippen LogP contribution in [0.15, 0.2) is 5.10 Å². The largest absolute Gasteiger partial charge is 0.857 e. The monoisotopic (exact) mass is 208 g/mol.